The Morgan fingerprint density at radius 2 is 1.52 bits per heavy atom. The molecule has 0 aliphatic heterocycles. The lowest BCUT2D eigenvalue weighted by atomic mass is 9.97. The largest absolute Gasteiger partial charge is 0.481 e. The van der Waals surface area contributed by atoms with Crippen molar-refractivity contribution in [2.24, 2.45) is 5.41 Å². The monoisotopic (exact) mass is 306 g/mol. The van der Waals surface area contributed by atoms with E-state index in [1.807, 2.05) is 6.92 Å². The minimum absolute atomic E-state index is 0.0451. The van der Waals surface area contributed by atoms with Gasteiger partial charge in [0.2, 0.25) is 0 Å². The summed E-state index contributed by atoms with van der Waals surface area (Å²) in [5.41, 5.74) is -0.306. The molecule has 0 radical (unpaired) electrons. The molecule has 0 spiro atoms. The maximum atomic E-state index is 11.0. The van der Waals surface area contributed by atoms with Crippen LogP contribution in [0.1, 0.15) is 59.3 Å². The van der Waals surface area contributed by atoms with Gasteiger partial charge in [-0.05, 0) is 19.3 Å². The van der Waals surface area contributed by atoms with E-state index in [4.69, 9.17) is 20.1 Å². The molecule has 0 fully saturated rings. The molecule has 0 aliphatic carbocycles. The standard InChI is InChI=1S/C10H18O4.C5H12O2/c1-2-3-8-14-10(13)7-5-4-6-9(11)12;1-5(2,3-6)4-7/h2-8H2,1H3,(H,11,12);6-7H,3-4H2,1-2H3. The fourth-order valence-electron chi connectivity index (χ4n) is 0.998. The van der Waals surface area contributed by atoms with Crippen LogP contribution in [0.3, 0.4) is 0 Å². The number of carboxylic acids is 1. The summed E-state index contributed by atoms with van der Waals surface area (Å²) in [6.45, 7) is 6.20. The van der Waals surface area contributed by atoms with Gasteiger partial charge >= 0.3 is 11.9 Å². The molecule has 0 bridgehead atoms. The number of aliphatic carboxylic acids is 1. The number of aliphatic hydroxyl groups is 2. The summed E-state index contributed by atoms with van der Waals surface area (Å²) in [6, 6.07) is 0. The Labute approximate surface area is 127 Å². The third kappa shape index (κ3) is 18.9. The van der Waals surface area contributed by atoms with Gasteiger partial charge in [0.05, 0.1) is 19.8 Å². The molecule has 0 aromatic rings. The Balaban J connectivity index is 0. The number of rotatable bonds is 10. The van der Waals surface area contributed by atoms with Crippen LogP contribution in [-0.2, 0) is 14.3 Å². The van der Waals surface area contributed by atoms with Crippen LogP contribution in [0.25, 0.3) is 0 Å². The first-order valence-electron chi connectivity index (χ1n) is 7.38. The first-order valence-corrected chi connectivity index (χ1v) is 7.38. The van der Waals surface area contributed by atoms with Gasteiger partial charge < -0.3 is 20.1 Å². The Morgan fingerprint density at radius 3 is 1.90 bits per heavy atom. The van der Waals surface area contributed by atoms with Crippen molar-refractivity contribution in [1.29, 1.82) is 0 Å². The van der Waals surface area contributed by atoms with Gasteiger partial charge in [-0.3, -0.25) is 9.59 Å². The normalized spacial score (nSPS) is 10.5. The highest BCUT2D eigenvalue weighted by atomic mass is 16.5. The molecule has 0 aliphatic rings. The SMILES string of the molecule is CC(C)(CO)CO.CCCCOC(=O)CCCCC(=O)O. The van der Waals surface area contributed by atoms with Crippen LogP contribution >= 0.6 is 0 Å². The molecule has 0 heterocycles. The average Bonchev–Trinajstić information content (AvgIpc) is 2.44. The summed E-state index contributed by atoms with van der Waals surface area (Å²) in [6.07, 6.45) is 3.49. The quantitative estimate of drug-likeness (QED) is 0.421. The summed E-state index contributed by atoms with van der Waals surface area (Å²) in [4.78, 5) is 21.1. The van der Waals surface area contributed by atoms with Gasteiger partial charge in [-0.15, -0.1) is 0 Å². The summed E-state index contributed by atoms with van der Waals surface area (Å²) >= 11 is 0. The molecule has 0 atom stereocenters. The van der Waals surface area contributed by atoms with E-state index in [-0.39, 0.29) is 31.0 Å². The topological polar surface area (TPSA) is 104 Å². The van der Waals surface area contributed by atoms with E-state index in [1.54, 1.807) is 13.8 Å². The van der Waals surface area contributed by atoms with E-state index in [1.165, 1.54) is 0 Å². The van der Waals surface area contributed by atoms with Crippen LogP contribution in [0.15, 0.2) is 0 Å². The fraction of sp³-hybridized carbons (Fsp3) is 0.867. The van der Waals surface area contributed by atoms with Crippen molar-refractivity contribution in [1.82, 2.24) is 0 Å². The molecule has 0 saturated carbocycles. The smallest absolute Gasteiger partial charge is 0.305 e. The van der Waals surface area contributed by atoms with Crippen molar-refractivity contribution in [3.63, 3.8) is 0 Å². The van der Waals surface area contributed by atoms with E-state index < -0.39 is 5.97 Å². The first kappa shape index (κ1) is 22.1. The first-order chi connectivity index (χ1) is 9.79. The molecule has 0 aromatic carbocycles. The second-order valence-corrected chi connectivity index (χ2v) is 5.66. The van der Waals surface area contributed by atoms with Crippen molar-refractivity contribution >= 4 is 11.9 Å². The van der Waals surface area contributed by atoms with E-state index in [0.717, 1.165) is 12.8 Å². The van der Waals surface area contributed by atoms with Crippen LogP contribution in [0, 0.1) is 5.41 Å². The van der Waals surface area contributed by atoms with Crippen molar-refractivity contribution in [3.8, 4) is 0 Å². The Bertz CT molecular complexity index is 269. The number of unbranched alkanes of at least 4 members (excludes halogenated alkanes) is 2. The molecule has 0 aromatic heterocycles. The Kier molecular flexibility index (Phi) is 14.6. The second kappa shape index (κ2) is 13.8. The van der Waals surface area contributed by atoms with E-state index in [0.29, 0.717) is 25.9 Å². The average molecular weight is 306 g/mol. The molecule has 6 nitrogen and oxygen atoms in total. The van der Waals surface area contributed by atoms with Gasteiger partial charge in [-0.2, -0.15) is 0 Å². The number of carbonyl (C=O) groups excluding carboxylic acids is 1. The van der Waals surface area contributed by atoms with E-state index in [9.17, 15) is 9.59 Å². The summed E-state index contributed by atoms with van der Waals surface area (Å²) in [7, 11) is 0. The predicted octanol–water partition coefficient (Wildman–Crippen LogP) is 1.97. The van der Waals surface area contributed by atoms with Crippen molar-refractivity contribution in [2.45, 2.75) is 59.3 Å². The van der Waals surface area contributed by atoms with Gasteiger partial charge in [-0.1, -0.05) is 27.2 Å². The minimum atomic E-state index is -0.815. The van der Waals surface area contributed by atoms with Crippen LogP contribution < -0.4 is 0 Å². The van der Waals surface area contributed by atoms with Gasteiger partial charge in [-0.25, -0.2) is 0 Å². The molecule has 21 heavy (non-hydrogen) atoms. The van der Waals surface area contributed by atoms with Gasteiger partial charge in [0, 0.05) is 18.3 Å². The number of hydrogen-bond acceptors (Lipinski definition) is 5. The van der Waals surface area contributed by atoms with Crippen molar-refractivity contribution < 1.29 is 29.6 Å². The second-order valence-electron chi connectivity index (χ2n) is 5.66. The van der Waals surface area contributed by atoms with E-state index >= 15 is 0 Å². The zero-order valence-corrected chi connectivity index (χ0v) is 13.4. The lowest BCUT2D eigenvalue weighted by molar-refractivity contribution is -0.144. The minimum Gasteiger partial charge on any atom is -0.481 e. The lowest BCUT2D eigenvalue weighted by Gasteiger charge is -2.16. The zero-order chi connectivity index (χ0) is 16.7. The highest BCUT2D eigenvalue weighted by Crippen LogP contribution is 2.10. The lowest BCUT2D eigenvalue weighted by Crippen LogP contribution is -2.20. The van der Waals surface area contributed by atoms with Crippen LogP contribution in [0.2, 0.25) is 0 Å². The molecule has 6 heteroatoms. The summed E-state index contributed by atoms with van der Waals surface area (Å²) in [5, 5.41) is 25.2. The van der Waals surface area contributed by atoms with Crippen molar-refractivity contribution in [3.05, 3.63) is 0 Å². The number of carbonyl (C=O) groups is 2. The molecule has 0 rings (SSSR count). The Hall–Kier alpha value is -1.14. The number of esters is 1. The summed E-state index contributed by atoms with van der Waals surface area (Å²) < 4.78 is 4.90. The Morgan fingerprint density at radius 1 is 1.00 bits per heavy atom. The molecule has 0 saturated heterocycles. The fourth-order valence-corrected chi connectivity index (χ4v) is 0.998. The van der Waals surface area contributed by atoms with Crippen LogP contribution in [-0.4, -0.2) is 47.1 Å². The molecular weight excluding hydrogens is 276 g/mol. The number of carboxylic acid groups (broad SMARTS) is 1. The molecule has 126 valence electrons. The number of hydrogen-bond donors (Lipinski definition) is 3. The highest BCUT2D eigenvalue weighted by Gasteiger charge is 2.13. The predicted molar refractivity (Wildman–Crippen MR) is 79.9 cm³/mol. The van der Waals surface area contributed by atoms with Crippen LogP contribution in [0.5, 0.6) is 0 Å². The number of ether oxygens (including phenoxy) is 1. The zero-order valence-electron chi connectivity index (χ0n) is 13.4. The van der Waals surface area contributed by atoms with Gasteiger partial charge in [0.25, 0.3) is 0 Å². The van der Waals surface area contributed by atoms with Crippen molar-refractivity contribution in [2.75, 3.05) is 19.8 Å². The van der Waals surface area contributed by atoms with Gasteiger partial charge in [0.1, 0.15) is 0 Å². The van der Waals surface area contributed by atoms with Crippen LogP contribution in [0.4, 0.5) is 0 Å². The van der Waals surface area contributed by atoms with Gasteiger partial charge in [0.15, 0.2) is 0 Å². The molecule has 3 N–H and O–H groups in total. The molecule has 0 unspecified atom stereocenters. The molecule has 0 amide bonds. The summed E-state index contributed by atoms with van der Waals surface area (Å²) in [5.74, 6) is -1.03. The maximum Gasteiger partial charge on any atom is 0.305 e. The number of aliphatic hydroxyl groups excluding tert-OH is 2. The third-order valence-electron chi connectivity index (χ3n) is 2.64. The third-order valence-corrected chi connectivity index (χ3v) is 2.64. The molecular formula is C15H30O6. The van der Waals surface area contributed by atoms with E-state index in [2.05, 4.69) is 0 Å². The highest BCUT2D eigenvalue weighted by molar-refractivity contribution is 5.69. The maximum absolute atomic E-state index is 11.0.